The second-order valence-electron chi connectivity index (χ2n) is 36.5. The van der Waals surface area contributed by atoms with Crippen LogP contribution in [0.1, 0.15) is 218 Å². The van der Waals surface area contributed by atoms with Crippen LogP contribution in [0.15, 0.2) is 0 Å². The molecule has 1 aliphatic rings. The van der Waals surface area contributed by atoms with Crippen molar-refractivity contribution < 1.29 is 141 Å². The molecule has 0 radical (unpaired) electrons. The summed E-state index contributed by atoms with van der Waals surface area (Å²) in [7, 11) is 0. The van der Waals surface area contributed by atoms with E-state index in [9.17, 15) is 136 Å². The van der Waals surface area contributed by atoms with E-state index in [2.05, 4.69) is 85.1 Å². The van der Waals surface area contributed by atoms with E-state index in [1.54, 1.807) is 41.5 Å². The molecule has 1 saturated heterocycles. The smallest absolute Gasteiger partial charge is 0.326 e. The van der Waals surface area contributed by atoms with Crippen molar-refractivity contribution in [2.75, 3.05) is 59.0 Å². The van der Waals surface area contributed by atoms with E-state index in [0.29, 0.717) is 45.1 Å². The zero-order valence-corrected chi connectivity index (χ0v) is 81.2. The Labute approximate surface area is 802 Å². The van der Waals surface area contributed by atoms with Gasteiger partial charge in [0.1, 0.15) is 90.6 Å². The first-order valence-electron chi connectivity index (χ1n) is 46.7. The van der Waals surface area contributed by atoms with Gasteiger partial charge in [0.2, 0.25) is 106 Å². The molecule has 0 spiro atoms. The van der Waals surface area contributed by atoms with Crippen LogP contribution in [0.25, 0.3) is 0 Å². The van der Waals surface area contributed by atoms with Gasteiger partial charge in [-0.2, -0.15) is 0 Å². The molecule has 32 N–H and O–H groups in total. The fourth-order valence-electron chi connectivity index (χ4n) is 14.3. The normalized spacial score (nSPS) is 15.9. The van der Waals surface area contributed by atoms with Gasteiger partial charge in [-0.1, -0.05) is 89.5 Å². The molecule has 0 unspecified atom stereocenters. The van der Waals surface area contributed by atoms with Crippen molar-refractivity contribution in [1.82, 2.24) is 95.3 Å². The van der Waals surface area contributed by atoms with Gasteiger partial charge in [0, 0.05) is 19.4 Å². The van der Waals surface area contributed by atoms with Crippen molar-refractivity contribution in [1.29, 1.82) is 0 Å². The number of amides is 18. The average Bonchev–Trinajstić information content (AvgIpc) is 1.65. The minimum atomic E-state index is -1.95. The van der Waals surface area contributed by atoms with Crippen molar-refractivity contribution in [3.8, 4) is 0 Å². The number of aliphatic hydroxyl groups is 3. The van der Waals surface area contributed by atoms with E-state index in [-0.39, 0.29) is 95.2 Å². The highest BCUT2D eigenvalue weighted by atomic mass is 16.4. The first kappa shape index (κ1) is 124. The summed E-state index contributed by atoms with van der Waals surface area (Å²) in [6.45, 7) is 16.8. The van der Waals surface area contributed by atoms with Crippen LogP contribution in [0.2, 0.25) is 0 Å². The first-order chi connectivity index (χ1) is 64.7. The molecule has 1 rings (SSSR count). The molecule has 51 heteroatoms. The maximum Gasteiger partial charge on any atom is 0.326 e. The number of carbonyl (C=O) groups is 22. The Bertz CT molecular complexity index is 4060. The Balaban J connectivity index is 3.35. The van der Waals surface area contributed by atoms with Gasteiger partial charge in [-0.25, -0.2) is 4.79 Å². The number of rotatable bonds is 69. The molecule has 1 aliphatic heterocycles. The summed E-state index contributed by atoms with van der Waals surface area (Å²) in [5.74, 6) is -26.8. The summed E-state index contributed by atoms with van der Waals surface area (Å²) in [5.41, 5.74) is 23.2. The van der Waals surface area contributed by atoms with E-state index in [1.807, 2.05) is 19.2 Å². The molecule has 0 saturated carbocycles. The lowest BCUT2D eigenvalue weighted by molar-refractivity contribution is -0.144. The topological polar surface area (TPSA) is 829 Å². The number of aliphatic carboxylic acids is 4. The van der Waals surface area contributed by atoms with E-state index in [0.717, 1.165) is 11.8 Å². The molecule has 17 atom stereocenters. The van der Waals surface area contributed by atoms with Gasteiger partial charge < -0.3 is 154 Å². The van der Waals surface area contributed by atoms with Gasteiger partial charge in [0.25, 0.3) is 0 Å². The van der Waals surface area contributed by atoms with E-state index < -0.39 is 316 Å². The number of nitrogens with one attached hydrogen (secondary N) is 17. The van der Waals surface area contributed by atoms with Crippen molar-refractivity contribution in [3.63, 3.8) is 0 Å². The number of hydrogen-bond donors (Lipinski definition) is 28. The predicted octanol–water partition coefficient (Wildman–Crippen LogP) is -8.02. The summed E-state index contributed by atoms with van der Waals surface area (Å²) in [5, 5.41) is 111. The van der Waals surface area contributed by atoms with E-state index in [4.69, 9.17) is 28.0 Å². The van der Waals surface area contributed by atoms with Crippen molar-refractivity contribution in [2.45, 2.75) is 321 Å². The van der Waals surface area contributed by atoms with Crippen LogP contribution in [-0.2, 0) is 105 Å². The third-order valence-electron chi connectivity index (χ3n) is 21.7. The molecule has 18 amide bonds. The number of likely N-dealkylation sites (tertiary alicyclic amines) is 1. The lowest BCUT2D eigenvalue weighted by Crippen LogP contribution is -2.63. The number of nitrogens with zero attached hydrogens (tertiary/aromatic N) is 1. The highest BCUT2D eigenvalue weighted by molar-refractivity contribution is 6.02. The minimum Gasteiger partial charge on any atom is -0.481 e. The van der Waals surface area contributed by atoms with Crippen molar-refractivity contribution in [3.05, 3.63) is 0 Å². The van der Waals surface area contributed by atoms with Gasteiger partial charge >= 0.3 is 23.9 Å². The van der Waals surface area contributed by atoms with Crippen LogP contribution in [-0.4, -0.2) is 333 Å². The fraction of sp³-hybridized carbons (Fsp3) is 0.747. The maximum absolute atomic E-state index is 14.4. The first-order valence-corrected chi connectivity index (χ1v) is 46.7. The zero-order valence-electron chi connectivity index (χ0n) is 81.2. The van der Waals surface area contributed by atoms with E-state index >= 15 is 0 Å². The maximum atomic E-state index is 14.4. The number of carboxylic acids is 4. The molecule has 784 valence electrons. The van der Waals surface area contributed by atoms with Crippen LogP contribution in [0.3, 0.4) is 0 Å². The van der Waals surface area contributed by atoms with Gasteiger partial charge in [-0.3, -0.25) is 101 Å². The molecule has 0 aliphatic carbocycles. The molecular weight excluding hydrogens is 1820 g/mol. The number of hydrogen-bond acceptors (Lipinski definition) is 29. The Morgan fingerprint density at radius 1 is 0.326 bits per heavy atom. The van der Waals surface area contributed by atoms with Crippen molar-refractivity contribution >= 4 is 130 Å². The summed E-state index contributed by atoms with van der Waals surface area (Å²) < 4.78 is 0. The van der Waals surface area contributed by atoms with Gasteiger partial charge in [0.05, 0.1) is 51.4 Å². The standard InChI is InChI=1S/C87H152N22O29/c1-43(2)33-55(101-74(124)51(22-15-18-30-89)98-80(130)60(41-110)104-75(125)52(23-16-19-31-90)97-77(127)56(34-44(3)4)100-72(122)50(91)21-14-17-29-88)73(123)93-40-65(115)96-58(37-68(120)121)78(128)102-57(35-45(5)6)79(129)106-70(48(11)12)84(134)108-71(49(13)112)85(135)107-69(47(9)10)83(133)105-61(42-111)81(131)103-59(36-46(7)8)86(136)109-32-20-24-62(109)82(132)94-38-63(113)92-39-64(114)95-53(25-27-66(116)117)76(126)99-54(87(137)138)26-28-67(118)119/h43-62,69-71,110-112H,14-42,88-91H2,1-13H3,(H,92,113)(H,93,123)(H,94,132)(H,95,114)(H,96,115)(H,97,127)(H,98,130)(H,99,126)(H,100,122)(H,101,124)(H,102,128)(H,103,131)(H,104,125)(H,105,133)(H,106,129)(H,107,135)(H,108,134)(H,116,117)(H,118,119)(H,120,121)(H,137,138)/t49-,50+,51+,52+,53+,54+,55+,56+,57+,58+,59+,60+,61+,62+,69+,70+,71+/m1/s1. The van der Waals surface area contributed by atoms with E-state index in [1.165, 1.54) is 27.7 Å². The SMILES string of the molecule is CC(C)C[C@H](NC(=O)[C@H](CCCCN)NC(=O)[C@H](CO)NC(=O)[C@H](CCCCN)NC(=O)[C@H](CC(C)C)NC(=O)[C@@H](N)CCCCN)C(=O)NCC(=O)N[C@@H](CC(=O)O)C(=O)N[C@@H](CC(C)C)C(=O)N[C@H](C(=O)N[C@H](C(=O)N[C@H](C(=O)N[C@@H](CO)C(=O)N[C@@H](CC(C)C)C(=O)N1CCC[C@H]1C(=O)NCC(=O)NCC(=O)N[C@@H](CCC(=O)O)C(=O)N[C@@H](CCC(=O)O)C(=O)O)C(C)C)[C@@H](C)O)C(C)C. The number of nitrogens with two attached hydrogens (primary N) is 4. The number of carboxylic acid groups (broad SMARTS) is 4. The molecule has 1 heterocycles. The van der Waals surface area contributed by atoms with Crippen LogP contribution < -0.4 is 113 Å². The molecule has 0 aromatic heterocycles. The third kappa shape index (κ3) is 47.9. The number of aliphatic hydroxyl groups excluding tert-OH is 3. The average molecular weight is 1970 g/mol. The lowest BCUT2D eigenvalue weighted by Gasteiger charge is -2.31. The largest absolute Gasteiger partial charge is 0.481 e. The van der Waals surface area contributed by atoms with Crippen LogP contribution >= 0.6 is 0 Å². The van der Waals surface area contributed by atoms with Gasteiger partial charge in [0.15, 0.2) is 0 Å². The lowest BCUT2D eigenvalue weighted by atomic mass is 9.98. The van der Waals surface area contributed by atoms with Gasteiger partial charge in [-0.05, 0) is 165 Å². The molecule has 1 fully saturated rings. The number of unbranched alkanes of at least 4 members (excludes halogenated alkanes) is 3. The summed E-state index contributed by atoms with van der Waals surface area (Å²) in [4.78, 5) is 296. The van der Waals surface area contributed by atoms with Gasteiger partial charge in [-0.15, -0.1) is 0 Å². The fourth-order valence-corrected chi connectivity index (χ4v) is 14.3. The molecule has 0 aromatic carbocycles. The number of carbonyl (C=O) groups excluding carboxylic acids is 18. The summed E-state index contributed by atoms with van der Waals surface area (Å²) in [6, 6.07) is -24.5. The Hall–Kier alpha value is -11.9. The van der Waals surface area contributed by atoms with Crippen LogP contribution in [0.5, 0.6) is 0 Å². The summed E-state index contributed by atoms with van der Waals surface area (Å²) >= 11 is 0. The molecule has 138 heavy (non-hydrogen) atoms. The molecule has 0 bridgehead atoms. The van der Waals surface area contributed by atoms with Crippen LogP contribution in [0.4, 0.5) is 0 Å². The monoisotopic (exact) mass is 1970 g/mol. The quantitative estimate of drug-likeness (QED) is 0.0252. The Morgan fingerprint density at radius 2 is 0.652 bits per heavy atom. The predicted molar refractivity (Wildman–Crippen MR) is 494 cm³/mol. The van der Waals surface area contributed by atoms with Crippen molar-refractivity contribution in [2.24, 2.45) is 58.4 Å². The van der Waals surface area contributed by atoms with Crippen LogP contribution in [0, 0.1) is 35.5 Å². The highest BCUT2D eigenvalue weighted by Gasteiger charge is 2.43. The summed E-state index contributed by atoms with van der Waals surface area (Å²) in [6.07, 6.45) is -2.41. The minimum absolute atomic E-state index is 0.00833. The third-order valence-corrected chi connectivity index (χ3v) is 21.7. The molecular formula is C87H152N22O29. The Kier molecular flexibility index (Phi) is 58.5. The molecule has 51 nitrogen and oxygen atoms in total. The zero-order chi connectivity index (χ0) is 105. The second kappa shape index (κ2) is 65.0. The highest BCUT2D eigenvalue weighted by Crippen LogP contribution is 2.22. The second-order valence-corrected chi connectivity index (χ2v) is 36.5. The molecule has 0 aromatic rings. The Morgan fingerprint density at radius 3 is 1.08 bits per heavy atom.